The number of fused-ring (bicyclic) bond motifs is 5. The summed E-state index contributed by atoms with van der Waals surface area (Å²) in [4.78, 5) is 2.46. The van der Waals surface area contributed by atoms with E-state index in [-0.39, 0.29) is 0 Å². The predicted molar refractivity (Wildman–Crippen MR) is 228 cm³/mol. The summed E-state index contributed by atoms with van der Waals surface area (Å²) in [5.41, 5.74) is 16.9. The van der Waals surface area contributed by atoms with Crippen molar-refractivity contribution >= 4 is 49.6 Å². The summed E-state index contributed by atoms with van der Waals surface area (Å²) < 4.78 is 2.40. The van der Waals surface area contributed by atoms with Crippen molar-refractivity contribution in [2.45, 2.75) is 0 Å². The summed E-state index contributed by atoms with van der Waals surface area (Å²) in [6.45, 7) is 0. The molecule has 0 bridgehead atoms. The van der Waals surface area contributed by atoms with Gasteiger partial charge in [-0.05, 0) is 111 Å². The summed E-state index contributed by atoms with van der Waals surface area (Å²) in [5, 5.41) is 5.00. The normalized spacial score (nSPS) is 11.7. The van der Waals surface area contributed by atoms with Gasteiger partial charge in [0.15, 0.2) is 0 Å². The van der Waals surface area contributed by atoms with Crippen LogP contribution < -0.4 is 4.90 Å². The Bertz CT molecular complexity index is 3020. The van der Waals surface area contributed by atoms with E-state index < -0.39 is 0 Å². The third-order valence-electron chi connectivity index (χ3n) is 11.0. The SMILES string of the molecule is c1ccc(N(c2ccccc2-c2cccc3cccc(-c4cc5cc-5c4)c23)c2ccccc2-c2cccc3c2c2ccccc2n3-c2ccccc2)cc1. The average molecular weight is 687 g/mol. The molecule has 1 heterocycles. The summed E-state index contributed by atoms with van der Waals surface area (Å²) in [6.07, 6.45) is 0. The number of aromatic nitrogens is 1. The predicted octanol–water partition coefficient (Wildman–Crippen LogP) is 14.4. The molecule has 9 aromatic rings. The Balaban J connectivity index is 1.17. The molecule has 0 atom stereocenters. The lowest BCUT2D eigenvalue weighted by atomic mass is 9.90. The largest absolute Gasteiger partial charge is 0.309 e. The van der Waals surface area contributed by atoms with Gasteiger partial charge < -0.3 is 9.47 Å². The van der Waals surface area contributed by atoms with Gasteiger partial charge in [0.1, 0.15) is 0 Å². The Labute approximate surface area is 314 Å². The van der Waals surface area contributed by atoms with Crippen LogP contribution in [0.3, 0.4) is 0 Å². The molecule has 0 aliphatic heterocycles. The van der Waals surface area contributed by atoms with Crippen LogP contribution >= 0.6 is 0 Å². The summed E-state index contributed by atoms with van der Waals surface area (Å²) >= 11 is 0. The first-order valence-electron chi connectivity index (χ1n) is 18.6. The third-order valence-corrected chi connectivity index (χ3v) is 11.0. The number of hydrogen-bond acceptors (Lipinski definition) is 1. The van der Waals surface area contributed by atoms with Crippen LogP contribution in [0.4, 0.5) is 17.1 Å². The van der Waals surface area contributed by atoms with Gasteiger partial charge in [0.25, 0.3) is 0 Å². The first kappa shape index (κ1) is 30.5. The lowest BCUT2D eigenvalue weighted by Crippen LogP contribution is -2.12. The Kier molecular flexibility index (Phi) is 6.90. The van der Waals surface area contributed by atoms with Crippen molar-refractivity contribution in [3.63, 3.8) is 0 Å². The molecule has 0 saturated heterocycles. The zero-order valence-electron chi connectivity index (χ0n) is 29.5. The molecule has 2 nitrogen and oxygen atoms in total. The monoisotopic (exact) mass is 686 g/mol. The van der Waals surface area contributed by atoms with Gasteiger partial charge in [-0.1, -0.05) is 140 Å². The second-order valence-electron chi connectivity index (χ2n) is 14.1. The molecule has 1 aromatic heterocycles. The molecule has 2 heteroatoms. The highest BCUT2D eigenvalue weighted by atomic mass is 15.1. The molecule has 0 unspecified atom stereocenters. The molecule has 252 valence electrons. The van der Waals surface area contributed by atoms with Crippen molar-refractivity contribution < 1.29 is 0 Å². The minimum atomic E-state index is 1.10. The van der Waals surface area contributed by atoms with Crippen LogP contribution in [-0.4, -0.2) is 4.57 Å². The van der Waals surface area contributed by atoms with Gasteiger partial charge in [-0.25, -0.2) is 0 Å². The quantitative estimate of drug-likeness (QED) is 0.162. The van der Waals surface area contributed by atoms with Crippen LogP contribution in [0.25, 0.3) is 82.8 Å². The fourth-order valence-corrected chi connectivity index (χ4v) is 8.60. The molecule has 0 saturated carbocycles. The van der Waals surface area contributed by atoms with Crippen LogP contribution in [0.5, 0.6) is 0 Å². The first-order valence-corrected chi connectivity index (χ1v) is 18.6. The van der Waals surface area contributed by atoms with Gasteiger partial charge in [-0.2, -0.15) is 0 Å². The number of nitrogens with zero attached hydrogens (tertiary/aromatic N) is 2. The van der Waals surface area contributed by atoms with E-state index in [0.29, 0.717) is 0 Å². The van der Waals surface area contributed by atoms with E-state index in [1.165, 1.54) is 77.1 Å². The lowest BCUT2D eigenvalue weighted by Gasteiger charge is -2.30. The van der Waals surface area contributed by atoms with Crippen LogP contribution in [0.15, 0.2) is 206 Å². The Morgan fingerprint density at radius 2 is 0.833 bits per heavy atom. The zero-order valence-corrected chi connectivity index (χ0v) is 29.5. The van der Waals surface area contributed by atoms with Crippen molar-refractivity contribution in [1.29, 1.82) is 0 Å². The third kappa shape index (κ3) is 4.81. The smallest absolute Gasteiger partial charge is 0.0547 e. The average Bonchev–Trinajstić information content (AvgIpc) is 3.69. The topological polar surface area (TPSA) is 8.17 Å². The van der Waals surface area contributed by atoms with Crippen molar-refractivity contribution in [3.05, 3.63) is 206 Å². The standard InChI is InChI=1S/C52H34N2/c1-3-18-39(19-4-1)53(47-28-10-7-22-42(47)44-26-14-17-35-16-13-25-41(51(35)44)38-33-36-32-37(36)34-38)48-29-11-8-23-43(48)45-27-15-31-50-52(45)46-24-9-12-30-49(46)54(50)40-20-5-2-6-21-40/h1-34H. The number of benzene rings is 9. The molecule has 0 spiro atoms. The molecule has 0 fully saturated rings. The van der Waals surface area contributed by atoms with E-state index in [2.05, 4.69) is 216 Å². The molecular weight excluding hydrogens is 653 g/mol. The van der Waals surface area contributed by atoms with Crippen molar-refractivity contribution in [2.24, 2.45) is 0 Å². The van der Waals surface area contributed by atoms with Gasteiger partial charge in [0, 0.05) is 33.3 Å². The fraction of sp³-hybridized carbons (Fsp3) is 0. The molecular formula is C52H34N2. The highest BCUT2D eigenvalue weighted by Crippen LogP contribution is 2.49. The van der Waals surface area contributed by atoms with Gasteiger partial charge in [-0.3, -0.25) is 0 Å². The second kappa shape index (κ2) is 12.2. The van der Waals surface area contributed by atoms with Crippen LogP contribution in [0.1, 0.15) is 0 Å². The summed E-state index contributed by atoms with van der Waals surface area (Å²) in [5.74, 6) is 0. The highest BCUT2D eigenvalue weighted by Gasteiger charge is 2.24. The molecule has 11 rings (SSSR count). The van der Waals surface area contributed by atoms with E-state index in [1.807, 2.05) is 0 Å². The van der Waals surface area contributed by atoms with E-state index in [0.717, 1.165) is 22.7 Å². The molecule has 0 N–H and O–H groups in total. The fourth-order valence-electron chi connectivity index (χ4n) is 8.60. The minimum absolute atomic E-state index is 1.10. The van der Waals surface area contributed by atoms with Crippen LogP contribution in [0.2, 0.25) is 0 Å². The van der Waals surface area contributed by atoms with Gasteiger partial charge >= 0.3 is 0 Å². The van der Waals surface area contributed by atoms with Crippen molar-refractivity contribution in [2.75, 3.05) is 4.90 Å². The van der Waals surface area contributed by atoms with E-state index in [9.17, 15) is 0 Å². The Hall–Kier alpha value is -7.16. The zero-order chi connectivity index (χ0) is 35.6. The Morgan fingerprint density at radius 3 is 1.54 bits per heavy atom. The Morgan fingerprint density at radius 1 is 0.333 bits per heavy atom. The second-order valence-corrected chi connectivity index (χ2v) is 14.1. The molecule has 2 aliphatic carbocycles. The number of anilines is 3. The van der Waals surface area contributed by atoms with Gasteiger partial charge in [0.05, 0.1) is 22.4 Å². The maximum absolute atomic E-state index is 2.46. The van der Waals surface area contributed by atoms with E-state index in [1.54, 1.807) is 0 Å². The van der Waals surface area contributed by atoms with E-state index >= 15 is 0 Å². The number of rotatable bonds is 7. The van der Waals surface area contributed by atoms with Gasteiger partial charge in [0.2, 0.25) is 0 Å². The van der Waals surface area contributed by atoms with Crippen LogP contribution in [-0.2, 0) is 0 Å². The van der Waals surface area contributed by atoms with E-state index in [4.69, 9.17) is 0 Å². The molecule has 0 amide bonds. The molecule has 2 aliphatic rings. The van der Waals surface area contributed by atoms with Crippen molar-refractivity contribution in [1.82, 2.24) is 4.57 Å². The maximum atomic E-state index is 2.46. The number of hydrogen-bond donors (Lipinski definition) is 0. The number of para-hydroxylation sites is 5. The highest BCUT2D eigenvalue weighted by molar-refractivity contribution is 6.17. The lowest BCUT2D eigenvalue weighted by molar-refractivity contribution is 1.18. The van der Waals surface area contributed by atoms with Crippen molar-refractivity contribution in [3.8, 4) is 50.2 Å². The molecule has 8 aromatic carbocycles. The summed E-state index contributed by atoms with van der Waals surface area (Å²) in [6, 6.07) is 75.2. The summed E-state index contributed by atoms with van der Waals surface area (Å²) in [7, 11) is 0. The molecule has 54 heavy (non-hydrogen) atoms. The minimum Gasteiger partial charge on any atom is -0.309 e. The first-order chi connectivity index (χ1) is 26.8. The molecule has 0 radical (unpaired) electrons. The maximum Gasteiger partial charge on any atom is 0.0547 e. The van der Waals surface area contributed by atoms with Gasteiger partial charge in [-0.15, -0.1) is 0 Å². The van der Waals surface area contributed by atoms with Crippen LogP contribution in [0, 0.1) is 0 Å².